The van der Waals surface area contributed by atoms with Gasteiger partial charge in [0.25, 0.3) is 5.91 Å². The number of hydrogen-bond acceptors (Lipinski definition) is 5. The predicted octanol–water partition coefficient (Wildman–Crippen LogP) is 4.33. The Bertz CT molecular complexity index is 650. The van der Waals surface area contributed by atoms with Gasteiger partial charge in [-0.1, -0.05) is 6.92 Å². The van der Waals surface area contributed by atoms with Crippen LogP contribution < -0.4 is 10.1 Å². The average molecular weight is 377 g/mol. The maximum absolute atomic E-state index is 12.9. The van der Waals surface area contributed by atoms with Crippen molar-refractivity contribution in [1.82, 2.24) is 0 Å². The number of ether oxygens (including phenoxy) is 3. The molecule has 0 aliphatic heterocycles. The summed E-state index contributed by atoms with van der Waals surface area (Å²) in [5.41, 5.74) is 0.0663. The molecular formula is C21H31NO5. The predicted molar refractivity (Wildman–Crippen MR) is 104 cm³/mol. The number of carbonyl (C=O) groups is 2. The maximum Gasteiger partial charge on any atom is 0.341 e. The Hall–Kier alpha value is -2.08. The standard InChI is InChI=1S/C21H31NO5/c1-5-13-26-21(11-7-8-12-21)20(24)22-16-9-10-18(27-15(3)4)17(14-16)19(23)25-6-2/h9-10,14-15H,5-8,11-13H2,1-4H3,(H,22,24). The van der Waals surface area contributed by atoms with Crippen LogP contribution in [0.25, 0.3) is 0 Å². The van der Waals surface area contributed by atoms with E-state index in [1.54, 1.807) is 25.1 Å². The van der Waals surface area contributed by atoms with Crippen molar-refractivity contribution in [1.29, 1.82) is 0 Å². The molecule has 27 heavy (non-hydrogen) atoms. The van der Waals surface area contributed by atoms with Crippen LogP contribution in [0.1, 0.15) is 70.2 Å². The average Bonchev–Trinajstić information content (AvgIpc) is 3.11. The van der Waals surface area contributed by atoms with Crippen LogP contribution >= 0.6 is 0 Å². The maximum atomic E-state index is 12.9. The van der Waals surface area contributed by atoms with E-state index < -0.39 is 11.6 Å². The fraction of sp³-hybridized carbons (Fsp3) is 0.619. The summed E-state index contributed by atoms with van der Waals surface area (Å²) in [7, 11) is 0. The lowest BCUT2D eigenvalue weighted by molar-refractivity contribution is -0.140. The summed E-state index contributed by atoms with van der Waals surface area (Å²) in [5.74, 6) is -0.179. The first-order valence-corrected chi connectivity index (χ1v) is 9.85. The molecule has 1 aliphatic rings. The van der Waals surface area contributed by atoms with Crippen LogP contribution in [-0.2, 0) is 14.3 Å². The molecule has 0 saturated heterocycles. The van der Waals surface area contributed by atoms with E-state index in [1.165, 1.54) is 0 Å². The minimum Gasteiger partial charge on any atom is -0.490 e. The fourth-order valence-corrected chi connectivity index (χ4v) is 3.26. The first-order chi connectivity index (χ1) is 12.9. The van der Waals surface area contributed by atoms with Crippen LogP contribution in [0, 0.1) is 0 Å². The van der Waals surface area contributed by atoms with Gasteiger partial charge in [-0.2, -0.15) is 0 Å². The second-order valence-electron chi connectivity index (χ2n) is 7.10. The molecule has 6 nitrogen and oxygen atoms in total. The number of hydrogen-bond donors (Lipinski definition) is 1. The fourth-order valence-electron chi connectivity index (χ4n) is 3.26. The molecular weight excluding hydrogens is 346 g/mol. The van der Waals surface area contributed by atoms with Crippen LogP contribution in [0.3, 0.4) is 0 Å². The largest absolute Gasteiger partial charge is 0.490 e. The number of benzene rings is 1. The molecule has 6 heteroatoms. The van der Waals surface area contributed by atoms with E-state index in [0.29, 0.717) is 23.6 Å². The van der Waals surface area contributed by atoms with Gasteiger partial charge in [0, 0.05) is 12.3 Å². The van der Waals surface area contributed by atoms with Crippen molar-refractivity contribution >= 4 is 17.6 Å². The van der Waals surface area contributed by atoms with E-state index in [1.807, 2.05) is 20.8 Å². The Morgan fingerprint density at radius 2 is 1.89 bits per heavy atom. The molecule has 1 N–H and O–H groups in total. The van der Waals surface area contributed by atoms with Crippen molar-refractivity contribution in [2.75, 3.05) is 18.5 Å². The second-order valence-corrected chi connectivity index (χ2v) is 7.10. The van der Waals surface area contributed by atoms with E-state index >= 15 is 0 Å². The third-order valence-corrected chi connectivity index (χ3v) is 4.50. The Labute approximate surface area is 161 Å². The quantitative estimate of drug-likeness (QED) is 0.649. The number of nitrogens with one attached hydrogen (secondary N) is 1. The Balaban J connectivity index is 2.23. The molecule has 1 aliphatic carbocycles. The van der Waals surface area contributed by atoms with Gasteiger partial charge in [0.2, 0.25) is 0 Å². The van der Waals surface area contributed by atoms with Crippen LogP contribution in [0.4, 0.5) is 5.69 Å². The summed E-state index contributed by atoms with van der Waals surface area (Å²) in [6, 6.07) is 5.03. The molecule has 0 aromatic heterocycles. The zero-order valence-electron chi connectivity index (χ0n) is 16.8. The van der Waals surface area contributed by atoms with Gasteiger partial charge in [-0.15, -0.1) is 0 Å². The summed E-state index contributed by atoms with van der Waals surface area (Å²) in [6.45, 7) is 8.38. The molecule has 0 radical (unpaired) electrons. The normalized spacial score (nSPS) is 15.6. The zero-order valence-corrected chi connectivity index (χ0v) is 16.8. The molecule has 1 aromatic carbocycles. The van der Waals surface area contributed by atoms with Crippen LogP contribution in [-0.4, -0.2) is 36.8 Å². The van der Waals surface area contributed by atoms with Crippen LogP contribution in [0.2, 0.25) is 0 Å². The molecule has 2 rings (SSSR count). The van der Waals surface area contributed by atoms with Gasteiger partial charge in [-0.25, -0.2) is 4.79 Å². The Morgan fingerprint density at radius 1 is 1.19 bits per heavy atom. The van der Waals surface area contributed by atoms with Gasteiger partial charge in [-0.05, 0) is 71.1 Å². The lowest BCUT2D eigenvalue weighted by Crippen LogP contribution is -2.43. The monoisotopic (exact) mass is 377 g/mol. The highest BCUT2D eigenvalue weighted by Crippen LogP contribution is 2.35. The molecule has 1 fully saturated rings. The van der Waals surface area contributed by atoms with Gasteiger partial charge >= 0.3 is 5.97 Å². The molecule has 0 bridgehead atoms. The highest BCUT2D eigenvalue weighted by molar-refractivity contribution is 6.00. The third-order valence-electron chi connectivity index (χ3n) is 4.50. The number of rotatable bonds is 9. The summed E-state index contributed by atoms with van der Waals surface area (Å²) >= 11 is 0. The van der Waals surface area contributed by atoms with Gasteiger partial charge in [0.1, 0.15) is 16.9 Å². The highest BCUT2D eigenvalue weighted by atomic mass is 16.5. The molecule has 0 atom stereocenters. The van der Waals surface area contributed by atoms with E-state index in [0.717, 1.165) is 32.1 Å². The van der Waals surface area contributed by atoms with Gasteiger partial charge in [0.05, 0.1) is 12.7 Å². The van der Waals surface area contributed by atoms with Crippen molar-refractivity contribution in [3.05, 3.63) is 23.8 Å². The molecule has 150 valence electrons. The minimum absolute atomic E-state index is 0.0807. The molecule has 0 spiro atoms. The van der Waals surface area contributed by atoms with Crippen LogP contribution in [0.15, 0.2) is 18.2 Å². The zero-order chi connectivity index (χ0) is 19.9. The van der Waals surface area contributed by atoms with Crippen molar-refractivity contribution in [2.24, 2.45) is 0 Å². The second kappa shape index (κ2) is 9.74. The summed E-state index contributed by atoms with van der Waals surface area (Å²) < 4.78 is 16.8. The summed E-state index contributed by atoms with van der Waals surface area (Å²) in [4.78, 5) is 25.2. The first kappa shape index (κ1) is 21.2. The lowest BCUT2D eigenvalue weighted by Gasteiger charge is -2.28. The molecule has 1 amide bonds. The molecule has 0 unspecified atom stereocenters. The van der Waals surface area contributed by atoms with E-state index in [2.05, 4.69) is 5.32 Å². The molecule has 0 heterocycles. The summed E-state index contributed by atoms with van der Waals surface area (Å²) in [6.07, 6.45) is 4.18. The minimum atomic E-state index is -0.771. The van der Waals surface area contributed by atoms with Crippen molar-refractivity contribution < 1.29 is 23.8 Å². The SMILES string of the molecule is CCCOC1(C(=O)Nc2ccc(OC(C)C)c(C(=O)OCC)c2)CCCC1. The molecule has 1 aromatic rings. The van der Waals surface area contributed by atoms with E-state index in [9.17, 15) is 9.59 Å². The number of anilines is 1. The highest BCUT2D eigenvalue weighted by Gasteiger charge is 2.42. The van der Waals surface area contributed by atoms with Gasteiger partial charge in [0.15, 0.2) is 0 Å². The van der Waals surface area contributed by atoms with E-state index in [4.69, 9.17) is 14.2 Å². The van der Waals surface area contributed by atoms with Crippen molar-refractivity contribution in [2.45, 2.75) is 71.5 Å². The summed E-state index contributed by atoms with van der Waals surface area (Å²) in [5, 5.41) is 2.92. The van der Waals surface area contributed by atoms with E-state index in [-0.39, 0.29) is 18.6 Å². The lowest BCUT2D eigenvalue weighted by atomic mass is 10.0. The van der Waals surface area contributed by atoms with Crippen molar-refractivity contribution in [3.63, 3.8) is 0 Å². The number of esters is 1. The number of amides is 1. The Kier molecular flexibility index (Phi) is 7.66. The van der Waals surface area contributed by atoms with Gasteiger partial charge < -0.3 is 19.5 Å². The number of carbonyl (C=O) groups excluding carboxylic acids is 2. The van der Waals surface area contributed by atoms with Crippen molar-refractivity contribution in [3.8, 4) is 5.75 Å². The molecule has 1 saturated carbocycles. The smallest absolute Gasteiger partial charge is 0.341 e. The first-order valence-electron chi connectivity index (χ1n) is 9.85. The Morgan fingerprint density at radius 3 is 2.48 bits per heavy atom. The van der Waals surface area contributed by atoms with Crippen LogP contribution in [0.5, 0.6) is 5.75 Å². The third kappa shape index (κ3) is 5.45. The topological polar surface area (TPSA) is 73.9 Å². The van der Waals surface area contributed by atoms with Gasteiger partial charge in [-0.3, -0.25) is 4.79 Å².